The van der Waals surface area contributed by atoms with Gasteiger partial charge in [0.15, 0.2) is 6.10 Å². The summed E-state index contributed by atoms with van der Waals surface area (Å²) in [5, 5.41) is 8.82. The molecule has 2 unspecified atom stereocenters. The van der Waals surface area contributed by atoms with Crippen LogP contribution in [0, 0.1) is 0 Å². The summed E-state index contributed by atoms with van der Waals surface area (Å²) in [6, 6.07) is 6.77. The van der Waals surface area contributed by atoms with Gasteiger partial charge in [0.2, 0.25) is 11.8 Å². The molecule has 1 aromatic carbocycles. The Morgan fingerprint density at radius 1 is 1.27 bits per heavy atom. The van der Waals surface area contributed by atoms with E-state index in [1.807, 2.05) is 0 Å². The number of nitrogens with zero attached hydrogens (tertiary/aromatic N) is 2. The molecule has 0 amide bonds. The van der Waals surface area contributed by atoms with Crippen molar-refractivity contribution in [2.75, 3.05) is 5.73 Å². The lowest BCUT2D eigenvalue weighted by Crippen LogP contribution is -2.32. The first-order valence-electron chi connectivity index (χ1n) is 7.52. The largest absolute Gasteiger partial charge is 0.480 e. The van der Waals surface area contributed by atoms with Crippen molar-refractivity contribution in [1.29, 1.82) is 0 Å². The average Bonchev–Trinajstić information content (AvgIpc) is 2.54. The second kappa shape index (κ2) is 7.56. The van der Waals surface area contributed by atoms with Gasteiger partial charge in [-0.3, -0.25) is 4.79 Å². The van der Waals surface area contributed by atoms with E-state index in [9.17, 15) is 18.0 Å². The summed E-state index contributed by atoms with van der Waals surface area (Å²) in [4.78, 5) is 18.4. The monoisotopic (exact) mass is 370 g/mol. The zero-order valence-electron chi connectivity index (χ0n) is 13.7. The molecule has 26 heavy (non-hydrogen) atoms. The number of halogens is 3. The Hall–Kier alpha value is -2.88. The van der Waals surface area contributed by atoms with Gasteiger partial charge in [0, 0.05) is 11.6 Å². The number of anilines is 1. The number of nitrogen functional groups attached to an aromatic ring is 1. The highest BCUT2D eigenvalue weighted by Crippen LogP contribution is 2.27. The van der Waals surface area contributed by atoms with Gasteiger partial charge < -0.3 is 21.3 Å². The van der Waals surface area contributed by atoms with E-state index in [4.69, 9.17) is 21.3 Å². The molecule has 1 heterocycles. The molecule has 0 aliphatic carbocycles. The van der Waals surface area contributed by atoms with Crippen LogP contribution in [0.4, 0.5) is 19.1 Å². The van der Waals surface area contributed by atoms with E-state index in [1.165, 1.54) is 6.07 Å². The summed E-state index contributed by atoms with van der Waals surface area (Å²) < 4.78 is 42.6. The van der Waals surface area contributed by atoms with Crippen LogP contribution in [0.1, 0.15) is 12.5 Å². The SMILES string of the molecule is CC(Oc1cc(-c2ccc(CC(N)C(=O)O)cc2)nc(N)n1)C(F)(F)F. The first kappa shape index (κ1) is 19.4. The zero-order valence-corrected chi connectivity index (χ0v) is 13.7. The molecule has 2 atom stereocenters. The van der Waals surface area contributed by atoms with E-state index in [1.54, 1.807) is 24.3 Å². The highest BCUT2D eigenvalue weighted by molar-refractivity contribution is 5.73. The predicted molar refractivity (Wildman–Crippen MR) is 87.3 cm³/mol. The third-order valence-electron chi connectivity index (χ3n) is 3.50. The topological polar surface area (TPSA) is 124 Å². The maximum absolute atomic E-state index is 12.6. The number of ether oxygens (including phenoxy) is 1. The summed E-state index contributed by atoms with van der Waals surface area (Å²) in [5.41, 5.74) is 12.5. The van der Waals surface area contributed by atoms with Crippen LogP contribution in [0.5, 0.6) is 5.88 Å². The molecular weight excluding hydrogens is 353 g/mol. The first-order valence-corrected chi connectivity index (χ1v) is 7.52. The lowest BCUT2D eigenvalue weighted by molar-refractivity contribution is -0.189. The number of carboxylic acid groups (broad SMARTS) is 1. The molecule has 0 bridgehead atoms. The summed E-state index contributed by atoms with van der Waals surface area (Å²) in [7, 11) is 0. The maximum atomic E-state index is 12.6. The minimum absolute atomic E-state index is 0.138. The van der Waals surface area contributed by atoms with Crippen LogP contribution in [-0.2, 0) is 11.2 Å². The zero-order chi connectivity index (χ0) is 19.5. The number of aliphatic carboxylic acids is 1. The number of benzene rings is 1. The fourth-order valence-electron chi connectivity index (χ4n) is 2.05. The molecule has 7 nitrogen and oxygen atoms in total. The first-order chi connectivity index (χ1) is 12.1. The average molecular weight is 370 g/mol. The molecule has 0 aliphatic rings. The van der Waals surface area contributed by atoms with E-state index in [0.29, 0.717) is 11.1 Å². The summed E-state index contributed by atoms with van der Waals surface area (Å²) in [6.07, 6.45) is -6.45. The molecule has 140 valence electrons. The lowest BCUT2D eigenvalue weighted by Gasteiger charge is -2.17. The number of hydrogen-bond acceptors (Lipinski definition) is 6. The minimum atomic E-state index is -4.54. The molecule has 0 aliphatic heterocycles. The van der Waals surface area contributed by atoms with Gasteiger partial charge in [-0.2, -0.15) is 18.2 Å². The van der Waals surface area contributed by atoms with E-state index >= 15 is 0 Å². The van der Waals surface area contributed by atoms with Crippen molar-refractivity contribution >= 4 is 11.9 Å². The van der Waals surface area contributed by atoms with Gasteiger partial charge in [0.05, 0.1) is 5.69 Å². The number of rotatable bonds is 6. The molecule has 2 rings (SSSR count). The number of aromatic nitrogens is 2. The van der Waals surface area contributed by atoms with Crippen LogP contribution in [0.15, 0.2) is 30.3 Å². The van der Waals surface area contributed by atoms with Gasteiger partial charge in [-0.15, -0.1) is 0 Å². The van der Waals surface area contributed by atoms with Crippen LogP contribution in [0.25, 0.3) is 11.3 Å². The van der Waals surface area contributed by atoms with Crippen LogP contribution < -0.4 is 16.2 Å². The molecular formula is C16H17F3N4O3. The van der Waals surface area contributed by atoms with Crippen molar-refractivity contribution in [1.82, 2.24) is 9.97 Å². The Morgan fingerprint density at radius 3 is 2.42 bits per heavy atom. The van der Waals surface area contributed by atoms with Crippen molar-refractivity contribution in [3.63, 3.8) is 0 Å². The number of hydrogen-bond donors (Lipinski definition) is 3. The Labute approximate surface area is 146 Å². The van der Waals surface area contributed by atoms with Crippen molar-refractivity contribution in [3.8, 4) is 17.1 Å². The standard InChI is InChI=1S/C16H17F3N4O3/c1-8(16(17,18)19)26-13-7-12(22-15(21)23-13)10-4-2-9(3-5-10)6-11(20)14(24)25/h2-5,7-8,11H,6,20H2,1H3,(H,24,25)(H2,21,22,23). The Morgan fingerprint density at radius 2 is 1.88 bits per heavy atom. The number of carboxylic acids is 1. The van der Waals surface area contributed by atoms with E-state index in [2.05, 4.69) is 9.97 Å². The summed E-state index contributed by atoms with van der Waals surface area (Å²) >= 11 is 0. The van der Waals surface area contributed by atoms with E-state index in [-0.39, 0.29) is 23.9 Å². The predicted octanol–water partition coefficient (Wildman–Crippen LogP) is 2.01. The quantitative estimate of drug-likeness (QED) is 0.710. The number of nitrogens with two attached hydrogens (primary N) is 2. The third-order valence-corrected chi connectivity index (χ3v) is 3.50. The van der Waals surface area contributed by atoms with Crippen molar-refractivity contribution in [2.45, 2.75) is 31.7 Å². The molecule has 10 heteroatoms. The van der Waals surface area contributed by atoms with E-state index in [0.717, 1.165) is 6.92 Å². The Kier molecular flexibility index (Phi) is 5.66. The van der Waals surface area contributed by atoms with Gasteiger partial charge in [0.25, 0.3) is 0 Å². The van der Waals surface area contributed by atoms with Gasteiger partial charge >= 0.3 is 12.1 Å². The van der Waals surface area contributed by atoms with Crippen LogP contribution in [-0.4, -0.2) is 39.4 Å². The molecule has 2 aromatic rings. The van der Waals surface area contributed by atoms with Crippen molar-refractivity contribution in [2.24, 2.45) is 5.73 Å². The molecule has 0 saturated carbocycles. The fourth-order valence-corrected chi connectivity index (χ4v) is 2.05. The molecule has 0 fully saturated rings. The normalized spacial score (nSPS) is 13.9. The number of carbonyl (C=O) groups is 1. The van der Waals surface area contributed by atoms with Gasteiger partial charge in [-0.25, -0.2) is 4.98 Å². The fraction of sp³-hybridized carbons (Fsp3) is 0.312. The maximum Gasteiger partial charge on any atom is 0.425 e. The minimum Gasteiger partial charge on any atom is -0.480 e. The van der Waals surface area contributed by atoms with Gasteiger partial charge in [-0.1, -0.05) is 24.3 Å². The Balaban J connectivity index is 2.22. The highest BCUT2D eigenvalue weighted by Gasteiger charge is 2.38. The van der Waals surface area contributed by atoms with E-state index < -0.39 is 24.3 Å². The lowest BCUT2D eigenvalue weighted by atomic mass is 10.0. The molecule has 5 N–H and O–H groups in total. The Bertz CT molecular complexity index is 781. The van der Waals surface area contributed by atoms with Crippen LogP contribution in [0.2, 0.25) is 0 Å². The van der Waals surface area contributed by atoms with Crippen molar-refractivity contribution in [3.05, 3.63) is 35.9 Å². The smallest absolute Gasteiger partial charge is 0.425 e. The molecule has 0 spiro atoms. The molecule has 1 aromatic heterocycles. The van der Waals surface area contributed by atoms with Crippen molar-refractivity contribution < 1.29 is 27.8 Å². The van der Waals surface area contributed by atoms with Crippen LogP contribution in [0.3, 0.4) is 0 Å². The number of alkyl halides is 3. The highest BCUT2D eigenvalue weighted by atomic mass is 19.4. The second-order valence-corrected chi connectivity index (χ2v) is 5.60. The summed E-state index contributed by atoms with van der Waals surface area (Å²) in [5.74, 6) is -1.64. The van der Waals surface area contributed by atoms with Gasteiger partial charge in [-0.05, 0) is 18.9 Å². The van der Waals surface area contributed by atoms with Gasteiger partial charge in [0.1, 0.15) is 6.04 Å². The van der Waals surface area contributed by atoms with Crippen LogP contribution >= 0.6 is 0 Å². The summed E-state index contributed by atoms with van der Waals surface area (Å²) in [6.45, 7) is 0.860. The molecule has 0 radical (unpaired) electrons. The third kappa shape index (κ3) is 5.06. The second-order valence-electron chi connectivity index (χ2n) is 5.60. The molecule has 0 saturated heterocycles.